The first-order valence-corrected chi connectivity index (χ1v) is 8.45. The van der Waals surface area contributed by atoms with E-state index in [4.69, 9.17) is 4.74 Å². The number of nitrogens with zero attached hydrogens (tertiary/aromatic N) is 2. The van der Waals surface area contributed by atoms with E-state index in [2.05, 4.69) is 14.7 Å². The number of carbonyl (C=O) groups is 1. The molecule has 1 N–H and O–H groups in total. The van der Waals surface area contributed by atoms with Crippen molar-refractivity contribution in [2.75, 3.05) is 12.4 Å². The molecule has 0 unspecified atom stereocenters. The van der Waals surface area contributed by atoms with E-state index >= 15 is 0 Å². The van der Waals surface area contributed by atoms with Crippen molar-refractivity contribution in [3.05, 3.63) is 70.0 Å². The number of carbonyl (C=O) groups excluding carboxylic acids is 1. The van der Waals surface area contributed by atoms with E-state index in [-0.39, 0.29) is 5.69 Å². The third-order valence-corrected chi connectivity index (χ3v) is 4.64. The molecule has 1 aromatic carbocycles. The average Bonchev–Trinajstić information content (AvgIpc) is 2.98. The van der Waals surface area contributed by atoms with Crippen LogP contribution in [0.25, 0.3) is 0 Å². The van der Waals surface area contributed by atoms with Gasteiger partial charge >= 0.3 is 0 Å². The van der Waals surface area contributed by atoms with Gasteiger partial charge in [-0.05, 0) is 36.7 Å². The van der Waals surface area contributed by atoms with Crippen molar-refractivity contribution in [2.24, 2.45) is 0 Å². The van der Waals surface area contributed by atoms with E-state index in [1.807, 2.05) is 0 Å². The lowest BCUT2D eigenvalue weighted by molar-refractivity contribution is 0.102. The molecule has 1 amide bonds. The molecular formula is C18H15F2N3O2S. The van der Waals surface area contributed by atoms with Crippen molar-refractivity contribution in [2.45, 2.75) is 13.3 Å². The van der Waals surface area contributed by atoms with Crippen LogP contribution in [0.3, 0.4) is 0 Å². The number of hydrogen-bond acceptors (Lipinski definition) is 5. The Labute approximate surface area is 152 Å². The number of nitrogens with one attached hydrogen (secondary N) is 1. The minimum Gasteiger partial charge on any atom is -0.497 e. The van der Waals surface area contributed by atoms with Gasteiger partial charge in [-0.2, -0.15) is 4.37 Å². The van der Waals surface area contributed by atoms with Gasteiger partial charge < -0.3 is 10.1 Å². The highest BCUT2D eigenvalue weighted by Crippen LogP contribution is 2.24. The van der Waals surface area contributed by atoms with Crippen LogP contribution in [0.1, 0.15) is 26.6 Å². The summed E-state index contributed by atoms with van der Waals surface area (Å²) < 4.78 is 35.8. The first-order valence-electron chi connectivity index (χ1n) is 7.68. The van der Waals surface area contributed by atoms with Crippen molar-refractivity contribution in [1.82, 2.24) is 9.36 Å². The van der Waals surface area contributed by atoms with Gasteiger partial charge in [-0.15, -0.1) is 0 Å². The maximum absolute atomic E-state index is 13.3. The Morgan fingerprint density at radius 2 is 2.04 bits per heavy atom. The standard InChI is InChI=1S/C18H15F2N3O2S/c1-10-17(18(24)22-11-3-4-14(19)15(20)8-11)16(26-23-10)9-12-7-13(25-2)5-6-21-12/h3-8H,9H2,1-2H3,(H,22,24). The number of ether oxygens (including phenoxy) is 1. The molecule has 0 bridgehead atoms. The zero-order valence-electron chi connectivity index (χ0n) is 14.0. The summed E-state index contributed by atoms with van der Waals surface area (Å²) >= 11 is 1.20. The second kappa shape index (κ2) is 7.57. The van der Waals surface area contributed by atoms with Crippen LogP contribution < -0.4 is 10.1 Å². The van der Waals surface area contributed by atoms with Crippen LogP contribution >= 0.6 is 11.5 Å². The lowest BCUT2D eigenvalue weighted by Crippen LogP contribution is -2.14. The Balaban J connectivity index is 1.84. The van der Waals surface area contributed by atoms with Crippen LogP contribution in [0.15, 0.2) is 36.5 Å². The number of aromatic nitrogens is 2. The highest BCUT2D eigenvalue weighted by molar-refractivity contribution is 7.06. The molecule has 0 saturated heterocycles. The van der Waals surface area contributed by atoms with Crippen molar-refractivity contribution < 1.29 is 18.3 Å². The van der Waals surface area contributed by atoms with Crippen LogP contribution in [0.2, 0.25) is 0 Å². The molecule has 0 aliphatic carbocycles. The molecule has 0 spiro atoms. The summed E-state index contributed by atoms with van der Waals surface area (Å²) in [6.07, 6.45) is 2.03. The number of methoxy groups -OCH3 is 1. The number of amides is 1. The number of rotatable bonds is 5. The van der Waals surface area contributed by atoms with Crippen molar-refractivity contribution in [3.63, 3.8) is 0 Å². The number of pyridine rings is 1. The molecule has 3 rings (SSSR count). The first-order chi connectivity index (χ1) is 12.5. The highest BCUT2D eigenvalue weighted by Gasteiger charge is 2.19. The zero-order valence-corrected chi connectivity index (χ0v) is 14.9. The van der Waals surface area contributed by atoms with Crippen molar-refractivity contribution >= 4 is 23.1 Å². The van der Waals surface area contributed by atoms with E-state index in [1.54, 1.807) is 32.4 Å². The van der Waals surface area contributed by atoms with Gasteiger partial charge in [0.1, 0.15) is 5.75 Å². The van der Waals surface area contributed by atoms with Crippen LogP contribution in [-0.2, 0) is 6.42 Å². The summed E-state index contributed by atoms with van der Waals surface area (Å²) in [7, 11) is 1.57. The summed E-state index contributed by atoms with van der Waals surface area (Å²) in [5.41, 5.74) is 1.87. The number of benzene rings is 1. The van der Waals surface area contributed by atoms with Gasteiger partial charge in [-0.25, -0.2) is 8.78 Å². The molecular weight excluding hydrogens is 360 g/mol. The van der Waals surface area contributed by atoms with Gasteiger partial charge in [-0.1, -0.05) is 0 Å². The van der Waals surface area contributed by atoms with E-state index < -0.39 is 17.5 Å². The van der Waals surface area contributed by atoms with Crippen LogP contribution in [0.5, 0.6) is 5.75 Å². The number of aryl methyl sites for hydroxylation is 1. The Hall–Kier alpha value is -2.87. The molecule has 0 saturated carbocycles. The Bertz CT molecular complexity index is 959. The molecule has 0 aliphatic heterocycles. The molecule has 0 fully saturated rings. The minimum absolute atomic E-state index is 0.171. The first kappa shape index (κ1) is 17.9. The summed E-state index contributed by atoms with van der Waals surface area (Å²) in [6.45, 7) is 1.72. The van der Waals surface area contributed by atoms with Gasteiger partial charge in [0.05, 0.1) is 18.4 Å². The van der Waals surface area contributed by atoms with E-state index in [9.17, 15) is 13.6 Å². The predicted octanol–water partition coefficient (Wildman–Crippen LogP) is 3.98. The van der Waals surface area contributed by atoms with Crippen LogP contribution in [-0.4, -0.2) is 22.4 Å². The molecule has 0 radical (unpaired) electrons. The Morgan fingerprint density at radius 3 is 2.77 bits per heavy atom. The fourth-order valence-corrected chi connectivity index (χ4v) is 3.32. The molecule has 5 nitrogen and oxygen atoms in total. The third kappa shape index (κ3) is 3.85. The van der Waals surface area contributed by atoms with Crippen molar-refractivity contribution in [3.8, 4) is 5.75 Å². The molecule has 2 aromatic heterocycles. The smallest absolute Gasteiger partial charge is 0.258 e. The highest BCUT2D eigenvalue weighted by atomic mass is 32.1. The Kier molecular flexibility index (Phi) is 5.22. The fourth-order valence-electron chi connectivity index (χ4n) is 2.44. The summed E-state index contributed by atoms with van der Waals surface area (Å²) in [6, 6.07) is 6.72. The summed E-state index contributed by atoms with van der Waals surface area (Å²) in [5.74, 6) is -1.76. The van der Waals surface area contributed by atoms with Gasteiger partial charge in [0, 0.05) is 41.0 Å². The predicted molar refractivity (Wildman–Crippen MR) is 94.8 cm³/mol. The third-order valence-electron chi connectivity index (χ3n) is 3.70. The van der Waals surface area contributed by atoms with Gasteiger partial charge in [0.25, 0.3) is 5.91 Å². The monoisotopic (exact) mass is 375 g/mol. The normalized spacial score (nSPS) is 10.6. The largest absolute Gasteiger partial charge is 0.497 e. The molecule has 2 heterocycles. The second-order valence-electron chi connectivity index (χ2n) is 5.51. The van der Waals surface area contributed by atoms with Gasteiger partial charge in [0.15, 0.2) is 11.6 Å². The number of hydrogen-bond donors (Lipinski definition) is 1. The van der Waals surface area contributed by atoms with Gasteiger partial charge in [0.2, 0.25) is 0 Å². The quantitative estimate of drug-likeness (QED) is 0.733. The lowest BCUT2D eigenvalue weighted by atomic mass is 10.1. The summed E-state index contributed by atoms with van der Waals surface area (Å²) in [4.78, 5) is 17.6. The SMILES string of the molecule is COc1ccnc(Cc2snc(C)c2C(=O)Nc2ccc(F)c(F)c2)c1. The van der Waals surface area contributed by atoms with Crippen molar-refractivity contribution in [1.29, 1.82) is 0 Å². The molecule has 0 atom stereocenters. The average molecular weight is 375 g/mol. The maximum atomic E-state index is 13.3. The number of anilines is 1. The number of halogens is 2. The van der Waals surface area contributed by atoms with E-state index in [0.717, 1.165) is 22.7 Å². The molecule has 3 aromatic rings. The van der Waals surface area contributed by atoms with E-state index in [1.165, 1.54) is 17.6 Å². The topological polar surface area (TPSA) is 64.1 Å². The minimum atomic E-state index is -1.02. The summed E-state index contributed by atoms with van der Waals surface area (Å²) in [5, 5.41) is 2.58. The fraction of sp³-hybridized carbons (Fsp3) is 0.167. The molecule has 0 aliphatic rings. The molecule has 8 heteroatoms. The zero-order chi connectivity index (χ0) is 18.7. The van der Waals surface area contributed by atoms with E-state index in [0.29, 0.717) is 23.4 Å². The molecule has 26 heavy (non-hydrogen) atoms. The lowest BCUT2D eigenvalue weighted by Gasteiger charge is -2.08. The second-order valence-corrected chi connectivity index (χ2v) is 6.37. The van der Waals surface area contributed by atoms with Crippen LogP contribution in [0, 0.1) is 18.6 Å². The molecule has 134 valence electrons. The maximum Gasteiger partial charge on any atom is 0.258 e. The Morgan fingerprint density at radius 1 is 1.23 bits per heavy atom. The van der Waals surface area contributed by atoms with Crippen LogP contribution in [0.4, 0.5) is 14.5 Å². The van der Waals surface area contributed by atoms with Gasteiger partial charge in [-0.3, -0.25) is 9.78 Å².